The third-order valence-corrected chi connectivity index (χ3v) is 3.21. The molecule has 1 saturated heterocycles. The van der Waals surface area contributed by atoms with Gasteiger partial charge in [0, 0.05) is 13.1 Å². The first-order chi connectivity index (χ1) is 9.65. The van der Waals surface area contributed by atoms with Gasteiger partial charge in [0.25, 0.3) is 0 Å². The predicted molar refractivity (Wildman–Crippen MR) is 72.3 cm³/mol. The van der Waals surface area contributed by atoms with Gasteiger partial charge in [-0.3, -0.25) is 4.79 Å². The van der Waals surface area contributed by atoms with Gasteiger partial charge in [-0.25, -0.2) is 4.98 Å². The Labute approximate surface area is 121 Å². The fraction of sp³-hybridized carbons (Fsp3) is 0.583. The number of hydrogen-bond acceptors (Lipinski definition) is 7. The maximum absolute atomic E-state index is 11.3. The van der Waals surface area contributed by atoms with E-state index >= 15 is 0 Å². The Morgan fingerprint density at radius 2 is 2.05 bits per heavy atom. The second-order valence-corrected chi connectivity index (χ2v) is 4.52. The van der Waals surface area contributed by atoms with Crippen molar-refractivity contribution in [3.05, 3.63) is 10.8 Å². The van der Waals surface area contributed by atoms with Gasteiger partial charge in [-0.05, 0) is 0 Å². The summed E-state index contributed by atoms with van der Waals surface area (Å²) in [5, 5.41) is 0.336. The number of anilines is 1. The van der Waals surface area contributed by atoms with Gasteiger partial charge in [0.15, 0.2) is 5.82 Å². The molecule has 1 aliphatic heterocycles. The summed E-state index contributed by atoms with van der Waals surface area (Å²) >= 11 is 6.24. The number of nitrogens with zero attached hydrogens (tertiary/aromatic N) is 3. The van der Waals surface area contributed by atoms with E-state index in [1.807, 2.05) is 4.90 Å². The van der Waals surface area contributed by atoms with Crippen LogP contribution in [0.2, 0.25) is 5.02 Å². The second-order valence-electron chi connectivity index (χ2n) is 4.14. The highest BCUT2D eigenvalue weighted by atomic mass is 35.5. The van der Waals surface area contributed by atoms with Crippen LogP contribution in [0.3, 0.4) is 0 Å². The first-order valence-electron chi connectivity index (χ1n) is 6.15. The van der Waals surface area contributed by atoms with Crippen molar-refractivity contribution in [3.63, 3.8) is 0 Å². The van der Waals surface area contributed by atoms with Crippen molar-refractivity contribution in [2.75, 3.05) is 45.4 Å². The van der Waals surface area contributed by atoms with E-state index in [9.17, 15) is 4.79 Å². The summed E-state index contributed by atoms with van der Waals surface area (Å²) < 4.78 is 15.1. The summed E-state index contributed by atoms with van der Waals surface area (Å²) in [6.45, 7) is 2.57. The Balaban J connectivity index is 2.32. The zero-order valence-corrected chi connectivity index (χ0v) is 12.1. The minimum absolute atomic E-state index is 0.0264. The van der Waals surface area contributed by atoms with Gasteiger partial charge in [0.2, 0.25) is 5.88 Å². The maximum Gasteiger partial charge on any atom is 0.313 e. The smallest absolute Gasteiger partial charge is 0.313 e. The van der Waals surface area contributed by atoms with Crippen molar-refractivity contribution in [1.82, 2.24) is 9.97 Å². The molecule has 0 unspecified atom stereocenters. The van der Waals surface area contributed by atoms with Gasteiger partial charge in [-0.15, -0.1) is 0 Å². The van der Waals surface area contributed by atoms with Crippen LogP contribution in [0.25, 0.3) is 0 Å². The number of carbonyl (C=O) groups excluding carboxylic acids is 1. The molecule has 0 atom stereocenters. The van der Waals surface area contributed by atoms with Gasteiger partial charge < -0.3 is 19.1 Å². The average Bonchev–Trinajstić information content (AvgIpc) is 2.49. The monoisotopic (exact) mass is 301 g/mol. The molecule has 0 bridgehead atoms. The highest BCUT2D eigenvalue weighted by Gasteiger charge is 2.21. The molecule has 8 heteroatoms. The largest absolute Gasteiger partial charge is 0.480 e. The number of aromatic nitrogens is 2. The van der Waals surface area contributed by atoms with Crippen molar-refractivity contribution in [1.29, 1.82) is 0 Å². The van der Waals surface area contributed by atoms with Gasteiger partial charge >= 0.3 is 5.97 Å². The predicted octanol–water partition coefficient (Wildman–Crippen LogP) is 0.691. The molecule has 0 N–H and O–H groups in total. The van der Waals surface area contributed by atoms with E-state index < -0.39 is 5.97 Å². The van der Waals surface area contributed by atoms with Gasteiger partial charge in [-0.1, -0.05) is 11.6 Å². The summed E-state index contributed by atoms with van der Waals surface area (Å²) in [5.74, 6) is 0.713. The molecule has 0 spiro atoms. The molecule has 1 fully saturated rings. The van der Waals surface area contributed by atoms with Crippen LogP contribution in [0.4, 0.5) is 5.82 Å². The summed E-state index contributed by atoms with van der Waals surface area (Å²) in [5.41, 5.74) is 0. The Hall–Kier alpha value is -1.60. The lowest BCUT2D eigenvalue weighted by atomic mass is 10.3. The van der Waals surface area contributed by atoms with Crippen LogP contribution in [0.1, 0.15) is 5.82 Å². The fourth-order valence-corrected chi connectivity index (χ4v) is 2.14. The highest BCUT2D eigenvalue weighted by Crippen LogP contribution is 2.31. The molecule has 1 aromatic heterocycles. The molecule has 0 radical (unpaired) electrons. The zero-order valence-electron chi connectivity index (χ0n) is 11.4. The van der Waals surface area contributed by atoms with Gasteiger partial charge in [0.1, 0.15) is 17.3 Å². The minimum atomic E-state index is -0.415. The number of carbonyl (C=O) groups is 1. The van der Waals surface area contributed by atoms with Crippen molar-refractivity contribution in [2.24, 2.45) is 0 Å². The van der Waals surface area contributed by atoms with Gasteiger partial charge in [-0.2, -0.15) is 4.98 Å². The van der Waals surface area contributed by atoms with E-state index in [1.165, 1.54) is 14.2 Å². The first kappa shape index (κ1) is 14.8. The molecule has 1 aliphatic rings. The quantitative estimate of drug-likeness (QED) is 0.758. The molecule has 20 heavy (non-hydrogen) atoms. The number of ether oxygens (including phenoxy) is 3. The lowest BCUT2D eigenvalue weighted by Crippen LogP contribution is -2.37. The van der Waals surface area contributed by atoms with Crippen LogP contribution in [-0.2, 0) is 20.7 Å². The molecule has 0 saturated carbocycles. The normalized spacial score (nSPS) is 15.1. The first-order valence-corrected chi connectivity index (χ1v) is 6.53. The molecule has 1 aromatic rings. The van der Waals surface area contributed by atoms with Crippen molar-refractivity contribution in [2.45, 2.75) is 6.42 Å². The lowest BCUT2D eigenvalue weighted by Gasteiger charge is -2.28. The number of halogens is 1. The third-order valence-electron chi connectivity index (χ3n) is 2.88. The van der Waals surface area contributed by atoms with Gasteiger partial charge in [0.05, 0.1) is 27.4 Å². The molecule has 110 valence electrons. The van der Waals surface area contributed by atoms with E-state index in [4.69, 9.17) is 21.1 Å². The van der Waals surface area contributed by atoms with Crippen LogP contribution in [0.15, 0.2) is 0 Å². The Bertz CT molecular complexity index is 492. The number of rotatable bonds is 4. The fourth-order valence-electron chi connectivity index (χ4n) is 1.86. The lowest BCUT2D eigenvalue weighted by molar-refractivity contribution is -0.139. The highest BCUT2D eigenvalue weighted by molar-refractivity contribution is 6.34. The van der Waals surface area contributed by atoms with E-state index in [1.54, 1.807) is 0 Å². The SMILES string of the molecule is COC(=O)Cc1nc(OC)c(Cl)c(N2CCOCC2)n1. The van der Waals surface area contributed by atoms with E-state index in [0.29, 0.717) is 43.0 Å². The van der Waals surface area contributed by atoms with Crippen LogP contribution < -0.4 is 9.64 Å². The van der Waals surface area contributed by atoms with Crippen LogP contribution in [0.5, 0.6) is 5.88 Å². The molecule has 2 rings (SSSR count). The second kappa shape index (κ2) is 6.71. The molecule has 0 amide bonds. The Morgan fingerprint density at radius 3 is 2.65 bits per heavy atom. The summed E-state index contributed by atoms with van der Waals surface area (Å²) in [6.07, 6.45) is -0.0264. The number of hydrogen-bond donors (Lipinski definition) is 0. The Morgan fingerprint density at radius 1 is 1.35 bits per heavy atom. The molecule has 0 aromatic carbocycles. The number of methoxy groups -OCH3 is 2. The standard InChI is InChI=1S/C12H16ClN3O4/c1-18-9(17)7-8-14-11(10(13)12(15-8)19-2)16-3-5-20-6-4-16/h3-7H2,1-2H3. The van der Waals surface area contributed by atoms with Crippen LogP contribution in [-0.4, -0.2) is 56.5 Å². The van der Waals surface area contributed by atoms with Crippen molar-refractivity contribution >= 4 is 23.4 Å². The van der Waals surface area contributed by atoms with E-state index in [2.05, 4.69) is 14.7 Å². The molecule has 0 aliphatic carbocycles. The molecule has 2 heterocycles. The summed E-state index contributed by atoms with van der Waals surface area (Å²) in [7, 11) is 2.79. The average molecular weight is 302 g/mol. The van der Waals surface area contributed by atoms with Crippen molar-refractivity contribution < 1.29 is 19.0 Å². The topological polar surface area (TPSA) is 73.8 Å². The summed E-state index contributed by atoms with van der Waals surface area (Å²) in [6, 6.07) is 0. The van der Waals surface area contributed by atoms with Crippen LogP contribution >= 0.6 is 11.6 Å². The minimum Gasteiger partial charge on any atom is -0.480 e. The summed E-state index contributed by atoms with van der Waals surface area (Å²) in [4.78, 5) is 21.8. The number of morpholine rings is 1. The third kappa shape index (κ3) is 3.29. The van der Waals surface area contributed by atoms with Crippen LogP contribution in [0, 0.1) is 0 Å². The zero-order chi connectivity index (χ0) is 14.5. The number of esters is 1. The van der Waals surface area contributed by atoms with Crippen molar-refractivity contribution in [3.8, 4) is 5.88 Å². The van der Waals surface area contributed by atoms with E-state index in [0.717, 1.165) is 0 Å². The maximum atomic E-state index is 11.3. The molecular weight excluding hydrogens is 286 g/mol. The molecule has 7 nitrogen and oxygen atoms in total. The van der Waals surface area contributed by atoms with E-state index in [-0.39, 0.29) is 12.3 Å². The molecular formula is C12H16ClN3O4. The Kier molecular flexibility index (Phi) is 4.97.